The normalized spacial score (nSPS) is 19.6. The molecule has 2 rings (SSSR count). The molecule has 1 heterocycles. The highest BCUT2D eigenvalue weighted by molar-refractivity contribution is 5.67. The molecule has 1 N–H and O–H groups in total. The topological polar surface area (TPSA) is 49.8 Å². The summed E-state index contributed by atoms with van der Waals surface area (Å²) in [5.74, 6) is -2.03. The lowest BCUT2D eigenvalue weighted by molar-refractivity contribution is -0.140. The highest BCUT2D eigenvalue weighted by atomic mass is 19.4. The van der Waals surface area contributed by atoms with Crippen molar-refractivity contribution in [3.63, 3.8) is 0 Å². The molecule has 0 bridgehead atoms. The van der Waals surface area contributed by atoms with E-state index in [4.69, 9.17) is 9.84 Å². The number of carboxylic acid groups (broad SMARTS) is 1. The fourth-order valence-corrected chi connectivity index (χ4v) is 2.20. The van der Waals surface area contributed by atoms with Crippen LogP contribution in [0, 0.1) is 5.82 Å². The lowest BCUT2D eigenvalue weighted by Crippen LogP contribution is -2.43. The second-order valence-corrected chi connectivity index (χ2v) is 4.70. The van der Waals surface area contributed by atoms with Gasteiger partial charge < -0.3 is 14.7 Å². The van der Waals surface area contributed by atoms with Gasteiger partial charge >= 0.3 is 12.1 Å². The van der Waals surface area contributed by atoms with Gasteiger partial charge in [0.15, 0.2) is 0 Å². The summed E-state index contributed by atoms with van der Waals surface area (Å²) in [5.41, 5.74) is -1.04. The monoisotopic (exact) mass is 307 g/mol. The van der Waals surface area contributed by atoms with Gasteiger partial charge in [-0.3, -0.25) is 4.79 Å². The molecule has 4 nitrogen and oxygen atoms in total. The van der Waals surface area contributed by atoms with Gasteiger partial charge in [0.25, 0.3) is 0 Å². The van der Waals surface area contributed by atoms with Crippen LogP contribution < -0.4 is 4.90 Å². The van der Waals surface area contributed by atoms with E-state index in [0.29, 0.717) is 12.6 Å². The molecule has 1 atom stereocenters. The lowest BCUT2D eigenvalue weighted by atomic mass is 10.1. The number of morpholine rings is 1. The molecule has 1 aliphatic rings. The average Bonchev–Trinajstić information content (AvgIpc) is 2.37. The molecular formula is C13H13F4NO3. The number of aliphatic carboxylic acids is 1. The van der Waals surface area contributed by atoms with Crippen molar-refractivity contribution >= 4 is 11.7 Å². The van der Waals surface area contributed by atoms with Gasteiger partial charge in [-0.25, -0.2) is 4.39 Å². The molecule has 0 saturated carbocycles. The first-order valence-electron chi connectivity index (χ1n) is 6.22. The van der Waals surface area contributed by atoms with Crippen molar-refractivity contribution in [3.05, 3.63) is 29.6 Å². The van der Waals surface area contributed by atoms with Gasteiger partial charge in [0, 0.05) is 13.1 Å². The third-order valence-corrected chi connectivity index (χ3v) is 3.16. The molecule has 1 saturated heterocycles. The number of rotatable bonds is 3. The van der Waals surface area contributed by atoms with E-state index >= 15 is 0 Å². The van der Waals surface area contributed by atoms with Gasteiger partial charge in [-0.15, -0.1) is 0 Å². The zero-order valence-electron chi connectivity index (χ0n) is 10.9. The molecule has 21 heavy (non-hydrogen) atoms. The number of anilines is 1. The van der Waals surface area contributed by atoms with Crippen molar-refractivity contribution in [2.75, 3.05) is 24.6 Å². The molecule has 0 aromatic heterocycles. The van der Waals surface area contributed by atoms with E-state index in [0.717, 1.165) is 12.1 Å². The third-order valence-electron chi connectivity index (χ3n) is 3.16. The first-order chi connectivity index (χ1) is 9.77. The Bertz CT molecular complexity index is 533. The maximum Gasteiger partial charge on any atom is 0.416 e. The molecule has 0 amide bonds. The maximum atomic E-state index is 13.9. The quantitative estimate of drug-likeness (QED) is 0.872. The summed E-state index contributed by atoms with van der Waals surface area (Å²) in [4.78, 5) is 12.1. The van der Waals surface area contributed by atoms with Crippen LogP contribution in [0.5, 0.6) is 0 Å². The number of carboxylic acids is 1. The third kappa shape index (κ3) is 3.84. The van der Waals surface area contributed by atoms with E-state index in [2.05, 4.69) is 0 Å². The number of benzene rings is 1. The summed E-state index contributed by atoms with van der Waals surface area (Å²) in [6.45, 7) is 0.603. The minimum atomic E-state index is -4.60. The van der Waals surface area contributed by atoms with Crippen molar-refractivity contribution in [2.24, 2.45) is 0 Å². The predicted molar refractivity (Wildman–Crippen MR) is 65.6 cm³/mol. The van der Waals surface area contributed by atoms with Crippen LogP contribution in [0.4, 0.5) is 23.2 Å². The molecule has 1 aromatic carbocycles. The number of halogens is 4. The van der Waals surface area contributed by atoms with Gasteiger partial charge in [0.1, 0.15) is 5.82 Å². The fourth-order valence-electron chi connectivity index (χ4n) is 2.20. The Labute approximate surface area is 117 Å². The van der Waals surface area contributed by atoms with Crippen molar-refractivity contribution in [3.8, 4) is 0 Å². The van der Waals surface area contributed by atoms with Crippen molar-refractivity contribution in [1.29, 1.82) is 0 Å². The number of carbonyl (C=O) groups is 1. The second kappa shape index (κ2) is 5.88. The largest absolute Gasteiger partial charge is 0.481 e. The lowest BCUT2D eigenvalue weighted by Gasteiger charge is -2.34. The zero-order chi connectivity index (χ0) is 15.6. The molecule has 0 aliphatic carbocycles. The van der Waals surface area contributed by atoms with E-state index < -0.39 is 29.6 Å². The Morgan fingerprint density at radius 3 is 2.71 bits per heavy atom. The summed E-state index contributed by atoms with van der Waals surface area (Å²) in [6.07, 6.45) is -5.45. The summed E-state index contributed by atoms with van der Waals surface area (Å²) in [7, 11) is 0. The molecule has 1 aromatic rings. The van der Waals surface area contributed by atoms with E-state index in [1.807, 2.05) is 0 Å². The maximum absolute atomic E-state index is 13.9. The average molecular weight is 307 g/mol. The van der Waals surface area contributed by atoms with E-state index in [-0.39, 0.29) is 25.3 Å². The smallest absolute Gasteiger partial charge is 0.416 e. The molecule has 116 valence electrons. The molecule has 0 spiro atoms. The summed E-state index contributed by atoms with van der Waals surface area (Å²) >= 11 is 0. The Morgan fingerprint density at radius 2 is 2.14 bits per heavy atom. The SMILES string of the molecule is O=C(O)CC1CN(c2ccc(C(F)(F)F)cc2F)CCO1. The summed E-state index contributed by atoms with van der Waals surface area (Å²) < 4.78 is 56.5. The van der Waals surface area contributed by atoms with Crippen molar-refractivity contribution in [2.45, 2.75) is 18.7 Å². The van der Waals surface area contributed by atoms with Crippen LogP contribution in [-0.4, -0.2) is 36.9 Å². The summed E-state index contributed by atoms with van der Waals surface area (Å²) in [5, 5.41) is 8.71. The van der Waals surface area contributed by atoms with E-state index in [9.17, 15) is 22.4 Å². The second-order valence-electron chi connectivity index (χ2n) is 4.70. The first-order valence-corrected chi connectivity index (χ1v) is 6.22. The Hall–Kier alpha value is -1.83. The van der Waals surface area contributed by atoms with Crippen molar-refractivity contribution in [1.82, 2.24) is 0 Å². The highest BCUT2D eigenvalue weighted by Crippen LogP contribution is 2.32. The minimum Gasteiger partial charge on any atom is -0.481 e. The van der Waals surface area contributed by atoms with Crippen LogP contribution in [-0.2, 0) is 15.7 Å². The number of nitrogens with zero attached hydrogens (tertiary/aromatic N) is 1. The zero-order valence-corrected chi connectivity index (χ0v) is 10.9. The fraction of sp³-hybridized carbons (Fsp3) is 0.462. The molecule has 1 unspecified atom stereocenters. The van der Waals surface area contributed by atoms with Crippen LogP contribution in [0.2, 0.25) is 0 Å². The minimum absolute atomic E-state index is 0.0155. The number of hydrogen-bond acceptors (Lipinski definition) is 3. The van der Waals surface area contributed by atoms with Gasteiger partial charge in [-0.2, -0.15) is 13.2 Å². The Morgan fingerprint density at radius 1 is 1.43 bits per heavy atom. The molecular weight excluding hydrogens is 294 g/mol. The van der Waals surface area contributed by atoms with E-state index in [1.54, 1.807) is 0 Å². The van der Waals surface area contributed by atoms with Gasteiger partial charge in [0.2, 0.25) is 0 Å². The van der Waals surface area contributed by atoms with Crippen LogP contribution in [0.1, 0.15) is 12.0 Å². The van der Waals surface area contributed by atoms with Gasteiger partial charge in [0.05, 0.1) is 30.4 Å². The van der Waals surface area contributed by atoms with Crippen molar-refractivity contribution < 1.29 is 32.2 Å². The Kier molecular flexibility index (Phi) is 4.36. The van der Waals surface area contributed by atoms with Crippen LogP contribution in [0.15, 0.2) is 18.2 Å². The first kappa shape index (κ1) is 15.6. The number of alkyl halides is 3. The van der Waals surface area contributed by atoms with E-state index in [1.165, 1.54) is 4.90 Å². The number of ether oxygens (including phenoxy) is 1. The molecule has 1 aliphatic heterocycles. The molecule has 0 radical (unpaired) electrons. The molecule has 8 heteroatoms. The Balaban J connectivity index is 2.16. The van der Waals surface area contributed by atoms with Gasteiger partial charge in [-0.1, -0.05) is 0 Å². The molecule has 1 fully saturated rings. The van der Waals surface area contributed by atoms with Crippen LogP contribution in [0.3, 0.4) is 0 Å². The van der Waals surface area contributed by atoms with Crippen LogP contribution in [0.25, 0.3) is 0 Å². The number of hydrogen-bond donors (Lipinski definition) is 1. The highest BCUT2D eigenvalue weighted by Gasteiger charge is 2.32. The van der Waals surface area contributed by atoms with Gasteiger partial charge in [-0.05, 0) is 18.2 Å². The standard InChI is InChI=1S/C13H13F4NO3/c14-10-5-8(13(15,16)17)1-2-11(10)18-3-4-21-9(7-18)6-12(19)20/h1-2,5,9H,3-4,6-7H2,(H,19,20). The summed E-state index contributed by atoms with van der Waals surface area (Å²) in [6, 6.07) is 2.30. The predicted octanol–water partition coefficient (Wildman–Crippen LogP) is 2.52. The van der Waals surface area contributed by atoms with Crippen LogP contribution >= 0.6 is 0 Å².